The van der Waals surface area contributed by atoms with Crippen molar-refractivity contribution < 1.29 is 0 Å². The highest BCUT2D eigenvalue weighted by Crippen LogP contribution is 2.13. The van der Waals surface area contributed by atoms with Gasteiger partial charge in [0.1, 0.15) is 0 Å². The zero-order valence-electron chi connectivity index (χ0n) is 9.92. The smallest absolute Gasteiger partial charge is 0.178 e. The van der Waals surface area contributed by atoms with E-state index in [9.17, 15) is 0 Å². The van der Waals surface area contributed by atoms with Crippen molar-refractivity contribution in [3.63, 3.8) is 0 Å². The van der Waals surface area contributed by atoms with Crippen LogP contribution in [-0.2, 0) is 6.54 Å². The molecule has 0 aliphatic carbocycles. The number of pyridine rings is 2. The molecule has 90 valence electrons. The van der Waals surface area contributed by atoms with Gasteiger partial charge in [0.2, 0.25) is 0 Å². The highest BCUT2D eigenvalue weighted by Gasteiger charge is 2.05. The monoisotopic (exact) mass is 256 g/mol. The Bertz CT molecular complexity index is 757. The second kappa shape index (κ2) is 4.34. The Balaban J connectivity index is 2.10. The summed E-state index contributed by atoms with van der Waals surface area (Å²) in [4.78, 5) is 11.7. The summed E-state index contributed by atoms with van der Waals surface area (Å²) in [5, 5.41) is 0. The second-order valence-electron chi connectivity index (χ2n) is 4.18. The molecular formula is C13H12N4S. The number of hydrogen-bond donors (Lipinski definition) is 1. The van der Waals surface area contributed by atoms with E-state index in [1.807, 2.05) is 35.8 Å². The molecular weight excluding hydrogens is 244 g/mol. The van der Waals surface area contributed by atoms with Crippen LogP contribution in [0.5, 0.6) is 0 Å². The van der Waals surface area contributed by atoms with Crippen molar-refractivity contribution >= 4 is 23.3 Å². The molecule has 0 bridgehead atoms. The lowest BCUT2D eigenvalue weighted by atomic mass is 10.3. The molecule has 3 aromatic heterocycles. The maximum absolute atomic E-state index is 5.34. The molecule has 0 amide bonds. The van der Waals surface area contributed by atoms with Crippen molar-refractivity contribution in [3.05, 3.63) is 52.8 Å². The summed E-state index contributed by atoms with van der Waals surface area (Å²) in [5.74, 6) is 0. The number of nitrogens with one attached hydrogen (secondary N) is 1. The molecule has 0 saturated carbocycles. The molecule has 5 heteroatoms. The molecule has 18 heavy (non-hydrogen) atoms. The third kappa shape index (κ3) is 1.93. The van der Waals surface area contributed by atoms with Crippen molar-refractivity contribution in [2.24, 2.45) is 0 Å². The van der Waals surface area contributed by atoms with Gasteiger partial charge in [0.05, 0.1) is 29.5 Å². The third-order valence-corrected chi connectivity index (χ3v) is 3.16. The van der Waals surface area contributed by atoms with Crippen LogP contribution in [0.3, 0.4) is 0 Å². The fourth-order valence-corrected chi connectivity index (χ4v) is 2.29. The van der Waals surface area contributed by atoms with Crippen LogP contribution in [0.25, 0.3) is 11.0 Å². The molecule has 0 unspecified atom stereocenters. The summed E-state index contributed by atoms with van der Waals surface area (Å²) in [6.07, 6.45) is 3.55. The predicted molar refractivity (Wildman–Crippen MR) is 73.0 cm³/mol. The second-order valence-corrected chi connectivity index (χ2v) is 4.57. The van der Waals surface area contributed by atoms with Crippen LogP contribution < -0.4 is 0 Å². The van der Waals surface area contributed by atoms with Crippen LogP contribution in [0.2, 0.25) is 0 Å². The number of rotatable bonds is 2. The van der Waals surface area contributed by atoms with Crippen molar-refractivity contribution in [3.8, 4) is 0 Å². The quantitative estimate of drug-likeness (QED) is 0.717. The van der Waals surface area contributed by atoms with Gasteiger partial charge in [0.15, 0.2) is 4.77 Å². The lowest BCUT2D eigenvalue weighted by Crippen LogP contribution is -2.02. The van der Waals surface area contributed by atoms with E-state index >= 15 is 0 Å². The van der Waals surface area contributed by atoms with Gasteiger partial charge in [-0.1, -0.05) is 6.07 Å². The number of aromatic amines is 1. The summed E-state index contributed by atoms with van der Waals surface area (Å²) >= 11 is 5.34. The van der Waals surface area contributed by atoms with Crippen molar-refractivity contribution in [2.45, 2.75) is 13.5 Å². The van der Waals surface area contributed by atoms with Gasteiger partial charge in [-0.25, -0.2) is 0 Å². The molecule has 3 aromatic rings. The molecule has 0 fully saturated rings. The standard InChI is InChI=1S/C13H12N4S/c1-9-3-2-4-10(15-9)8-17-12-5-6-14-7-11(12)16-13(17)18/h2-7H,8H2,1H3,(H,16,18). The van der Waals surface area contributed by atoms with E-state index < -0.39 is 0 Å². The van der Waals surface area contributed by atoms with E-state index in [-0.39, 0.29) is 0 Å². The van der Waals surface area contributed by atoms with E-state index in [0.29, 0.717) is 11.3 Å². The summed E-state index contributed by atoms with van der Waals surface area (Å²) < 4.78 is 2.73. The van der Waals surface area contributed by atoms with Gasteiger partial charge < -0.3 is 9.55 Å². The predicted octanol–water partition coefficient (Wildman–Crippen LogP) is 2.85. The molecule has 0 radical (unpaired) electrons. The number of imidazole rings is 1. The fraction of sp³-hybridized carbons (Fsp3) is 0.154. The molecule has 1 N–H and O–H groups in total. The Hall–Kier alpha value is -2.01. The van der Waals surface area contributed by atoms with Crippen molar-refractivity contribution in [2.75, 3.05) is 0 Å². The third-order valence-electron chi connectivity index (χ3n) is 2.84. The molecule has 3 rings (SSSR count). The summed E-state index contributed by atoms with van der Waals surface area (Å²) in [6.45, 7) is 2.66. The topological polar surface area (TPSA) is 46.5 Å². The Kier molecular flexibility index (Phi) is 2.68. The van der Waals surface area contributed by atoms with E-state index in [0.717, 1.165) is 22.4 Å². The van der Waals surface area contributed by atoms with Gasteiger partial charge >= 0.3 is 0 Å². The van der Waals surface area contributed by atoms with Gasteiger partial charge in [0.25, 0.3) is 0 Å². The molecule has 0 aliphatic heterocycles. The van der Waals surface area contributed by atoms with Crippen molar-refractivity contribution in [1.29, 1.82) is 0 Å². The van der Waals surface area contributed by atoms with Gasteiger partial charge in [-0.2, -0.15) is 0 Å². The molecule has 0 aliphatic rings. The zero-order valence-corrected chi connectivity index (χ0v) is 10.7. The van der Waals surface area contributed by atoms with Crippen LogP contribution in [0, 0.1) is 11.7 Å². The summed E-state index contributed by atoms with van der Waals surface area (Å²) in [6, 6.07) is 7.96. The number of nitrogens with zero attached hydrogens (tertiary/aromatic N) is 3. The number of hydrogen-bond acceptors (Lipinski definition) is 3. The van der Waals surface area contributed by atoms with Gasteiger partial charge in [0, 0.05) is 11.9 Å². The molecule has 0 aromatic carbocycles. The van der Waals surface area contributed by atoms with Gasteiger partial charge in [-0.3, -0.25) is 9.97 Å². The summed E-state index contributed by atoms with van der Waals surface area (Å²) in [7, 11) is 0. The Labute approximate surface area is 109 Å². The first-order valence-electron chi connectivity index (χ1n) is 5.69. The first-order chi connectivity index (χ1) is 8.74. The SMILES string of the molecule is Cc1cccc(Cn2c(=S)[nH]c3cnccc32)n1. The average molecular weight is 256 g/mol. The van der Waals surface area contributed by atoms with Crippen molar-refractivity contribution in [1.82, 2.24) is 19.5 Å². The highest BCUT2D eigenvalue weighted by molar-refractivity contribution is 7.71. The molecule has 0 atom stereocenters. The van der Waals surface area contributed by atoms with Crippen LogP contribution in [0.4, 0.5) is 0 Å². The van der Waals surface area contributed by atoms with E-state index in [2.05, 4.69) is 15.0 Å². The van der Waals surface area contributed by atoms with Gasteiger partial charge in [-0.15, -0.1) is 0 Å². The molecule has 4 nitrogen and oxygen atoms in total. The van der Waals surface area contributed by atoms with E-state index in [1.165, 1.54) is 0 Å². The first-order valence-corrected chi connectivity index (χ1v) is 6.10. The lowest BCUT2D eigenvalue weighted by Gasteiger charge is -2.04. The van der Waals surface area contributed by atoms with Crippen LogP contribution >= 0.6 is 12.2 Å². The first kappa shape index (κ1) is 11.1. The number of aromatic nitrogens is 4. The number of H-pyrrole nitrogens is 1. The maximum atomic E-state index is 5.34. The Morgan fingerprint density at radius 1 is 1.33 bits per heavy atom. The minimum absolute atomic E-state index is 0.671. The lowest BCUT2D eigenvalue weighted by molar-refractivity contribution is 0.781. The summed E-state index contributed by atoms with van der Waals surface area (Å²) in [5.41, 5.74) is 4.03. The van der Waals surface area contributed by atoms with Gasteiger partial charge in [-0.05, 0) is 37.3 Å². The molecule has 3 heterocycles. The van der Waals surface area contributed by atoms with Crippen LogP contribution in [-0.4, -0.2) is 19.5 Å². The fourth-order valence-electron chi connectivity index (χ4n) is 2.02. The number of fused-ring (bicyclic) bond motifs is 1. The maximum Gasteiger partial charge on any atom is 0.178 e. The minimum Gasteiger partial charge on any atom is -0.329 e. The zero-order chi connectivity index (χ0) is 12.5. The normalized spacial score (nSPS) is 10.9. The largest absolute Gasteiger partial charge is 0.329 e. The molecule has 0 saturated heterocycles. The van der Waals surface area contributed by atoms with Crippen LogP contribution in [0.1, 0.15) is 11.4 Å². The number of aryl methyl sites for hydroxylation is 1. The Morgan fingerprint density at radius 3 is 3.06 bits per heavy atom. The molecule has 0 spiro atoms. The minimum atomic E-state index is 0.671. The van der Waals surface area contributed by atoms with E-state index in [1.54, 1.807) is 12.4 Å². The van der Waals surface area contributed by atoms with E-state index in [4.69, 9.17) is 12.2 Å². The Morgan fingerprint density at radius 2 is 2.22 bits per heavy atom. The average Bonchev–Trinajstić information content (AvgIpc) is 2.66. The van der Waals surface area contributed by atoms with Crippen LogP contribution in [0.15, 0.2) is 36.7 Å². The highest BCUT2D eigenvalue weighted by atomic mass is 32.1.